The minimum Gasteiger partial charge on any atom is -0.497 e. The first-order valence-electron chi connectivity index (χ1n) is 7.14. The Morgan fingerprint density at radius 1 is 1.04 bits per heavy atom. The summed E-state index contributed by atoms with van der Waals surface area (Å²) < 4.78 is 18.0. The molecule has 118 valence electrons. The predicted molar refractivity (Wildman–Crippen MR) is 88.1 cm³/mol. The zero-order valence-corrected chi connectivity index (χ0v) is 13.4. The van der Waals surface area contributed by atoms with Crippen LogP contribution in [0.3, 0.4) is 0 Å². The van der Waals surface area contributed by atoms with Gasteiger partial charge in [0.1, 0.15) is 11.6 Å². The van der Waals surface area contributed by atoms with Crippen molar-refractivity contribution in [3.63, 3.8) is 0 Å². The highest BCUT2D eigenvalue weighted by Crippen LogP contribution is 2.20. The topological polar surface area (TPSA) is 50.8 Å². The van der Waals surface area contributed by atoms with Crippen molar-refractivity contribution in [2.45, 2.75) is 17.3 Å². The molecule has 0 atom stereocenters. The third kappa shape index (κ3) is 4.32. The maximum Gasteiger partial charge on any atom is 0.184 e. The molecule has 2 aromatic carbocycles. The fraction of sp³-hybridized carbons (Fsp3) is 0.176. The van der Waals surface area contributed by atoms with Crippen LogP contribution in [0, 0.1) is 5.82 Å². The number of halogens is 1. The lowest BCUT2D eigenvalue weighted by molar-refractivity contribution is 0.414. The van der Waals surface area contributed by atoms with Gasteiger partial charge in [0, 0.05) is 12.2 Å². The van der Waals surface area contributed by atoms with Crippen LogP contribution in [0.2, 0.25) is 0 Å². The van der Waals surface area contributed by atoms with Gasteiger partial charge in [-0.25, -0.2) is 9.37 Å². The Hall–Kier alpha value is -2.34. The molecule has 0 aliphatic heterocycles. The van der Waals surface area contributed by atoms with E-state index < -0.39 is 0 Å². The van der Waals surface area contributed by atoms with Crippen molar-refractivity contribution in [2.75, 3.05) is 7.11 Å². The van der Waals surface area contributed by atoms with E-state index in [1.807, 2.05) is 24.3 Å². The molecule has 0 bridgehead atoms. The third-order valence-corrected chi connectivity index (χ3v) is 4.25. The standard InChI is InChI=1S/C17H16FN3OS/c1-22-15-8-4-12(5-9-15)10-16-19-17(21-20-16)23-11-13-2-6-14(18)7-3-13/h2-9H,10-11H2,1H3,(H,19,20,21). The summed E-state index contributed by atoms with van der Waals surface area (Å²) in [6, 6.07) is 14.3. The lowest BCUT2D eigenvalue weighted by atomic mass is 10.1. The van der Waals surface area contributed by atoms with E-state index in [2.05, 4.69) is 15.2 Å². The van der Waals surface area contributed by atoms with E-state index in [9.17, 15) is 4.39 Å². The third-order valence-electron chi connectivity index (χ3n) is 3.32. The molecule has 0 radical (unpaired) electrons. The Morgan fingerprint density at radius 3 is 2.43 bits per heavy atom. The maximum absolute atomic E-state index is 12.9. The van der Waals surface area contributed by atoms with E-state index in [0.717, 1.165) is 33.6 Å². The van der Waals surface area contributed by atoms with Crippen molar-refractivity contribution in [1.29, 1.82) is 0 Å². The first kappa shape index (κ1) is 15.6. The Morgan fingerprint density at radius 2 is 1.74 bits per heavy atom. The molecule has 3 rings (SSSR count). The van der Waals surface area contributed by atoms with Gasteiger partial charge < -0.3 is 4.74 Å². The number of hydrogen-bond donors (Lipinski definition) is 1. The fourth-order valence-corrected chi connectivity index (χ4v) is 2.86. The molecule has 0 saturated heterocycles. The second-order valence-electron chi connectivity index (χ2n) is 5.00. The summed E-state index contributed by atoms with van der Waals surface area (Å²) in [6.45, 7) is 0. The van der Waals surface area contributed by atoms with Gasteiger partial charge in [0.2, 0.25) is 0 Å². The molecule has 0 spiro atoms. The Balaban J connectivity index is 1.57. The maximum atomic E-state index is 12.9. The number of thioether (sulfide) groups is 1. The van der Waals surface area contributed by atoms with Crippen molar-refractivity contribution in [2.24, 2.45) is 0 Å². The zero-order chi connectivity index (χ0) is 16.1. The number of methoxy groups -OCH3 is 1. The minimum absolute atomic E-state index is 0.222. The predicted octanol–water partition coefficient (Wildman–Crippen LogP) is 3.84. The van der Waals surface area contributed by atoms with Gasteiger partial charge in [-0.3, -0.25) is 5.10 Å². The number of ether oxygens (including phenoxy) is 1. The van der Waals surface area contributed by atoms with Crippen LogP contribution in [-0.2, 0) is 12.2 Å². The highest BCUT2D eigenvalue weighted by atomic mass is 32.2. The van der Waals surface area contributed by atoms with Crippen LogP contribution in [-0.4, -0.2) is 22.3 Å². The zero-order valence-electron chi connectivity index (χ0n) is 12.6. The molecule has 0 amide bonds. The van der Waals surface area contributed by atoms with E-state index >= 15 is 0 Å². The number of nitrogens with one attached hydrogen (secondary N) is 1. The average molecular weight is 329 g/mol. The fourth-order valence-electron chi connectivity index (χ4n) is 2.08. The van der Waals surface area contributed by atoms with Crippen molar-refractivity contribution < 1.29 is 9.13 Å². The van der Waals surface area contributed by atoms with Crippen molar-refractivity contribution in [3.8, 4) is 5.75 Å². The Bertz CT molecular complexity index is 756. The molecule has 1 aromatic heterocycles. The molecule has 0 aliphatic carbocycles. The second-order valence-corrected chi connectivity index (χ2v) is 5.96. The second kappa shape index (κ2) is 7.28. The first-order valence-corrected chi connectivity index (χ1v) is 8.13. The lowest BCUT2D eigenvalue weighted by Gasteiger charge is -2.01. The minimum atomic E-state index is -0.222. The van der Waals surface area contributed by atoms with E-state index in [4.69, 9.17) is 4.74 Å². The van der Waals surface area contributed by atoms with Gasteiger partial charge in [0.05, 0.1) is 7.11 Å². The highest BCUT2D eigenvalue weighted by molar-refractivity contribution is 7.98. The molecule has 6 heteroatoms. The summed E-state index contributed by atoms with van der Waals surface area (Å²) in [5, 5.41) is 7.93. The quantitative estimate of drug-likeness (QED) is 0.698. The van der Waals surface area contributed by atoms with Gasteiger partial charge in [-0.2, -0.15) is 5.10 Å². The van der Waals surface area contributed by atoms with E-state index in [1.165, 1.54) is 12.1 Å². The molecule has 0 saturated carbocycles. The molecule has 4 nitrogen and oxygen atoms in total. The highest BCUT2D eigenvalue weighted by Gasteiger charge is 2.06. The summed E-state index contributed by atoms with van der Waals surface area (Å²) in [6.07, 6.45) is 0.664. The van der Waals surface area contributed by atoms with Crippen LogP contribution < -0.4 is 4.74 Å². The largest absolute Gasteiger partial charge is 0.497 e. The summed E-state index contributed by atoms with van der Waals surface area (Å²) in [4.78, 5) is 4.47. The molecule has 0 fully saturated rings. The molecule has 0 unspecified atom stereocenters. The average Bonchev–Trinajstić information content (AvgIpc) is 3.02. The molecular weight excluding hydrogens is 313 g/mol. The SMILES string of the molecule is COc1ccc(Cc2n[nH]c(SCc3ccc(F)cc3)n2)cc1. The van der Waals surface area contributed by atoms with Crippen LogP contribution in [0.25, 0.3) is 0 Å². The number of H-pyrrole nitrogens is 1. The van der Waals surface area contributed by atoms with Gasteiger partial charge in [-0.15, -0.1) is 0 Å². The molecular formula is C17H16FN3OS. The number of aromatic amines is 1. The van der Waals surface area contributed by atoms with Crippen molar-refractivity contribution >= 4 is 11.8 Å². The number of rotatable bonds is 6. The van der Waals surface area contributed by atoms with E-state index in [1.54, 1.807) is 31.0 Å². The Kier molecular flexibility index (Phi) is 4.92. The molecule has 23 heavy (non-hydrogen) atoms. The van der Waals surface area contributed by atoms with Crippen molar-refractivity contribution in [3.05, 3.63) is 71.3 Å². The van der Waals surface area contributed by atoms with Crippen LogP contribution in [0.5, 0.6) is 5.75 Å². The van der Waals surface area contributed by atoms with Gasteiger partial charge >= 0.3 is 0 Å². The first-order chi connectivity index (χ1) is 11.2. The molecule has 0 aliphatic rings. The number of nitrogens with zero attached hydrogens (tertiary/aromatic N) is 2. The summed E-state index contributed by atoms with van der Waals surface area (Å²) in [5.74, 6) is 2.08. The van der Waals surface area contributed by atoms with E-state index in [-0.39, 0.29) is 5.82 Å². The van der Waals surface area contributed by atoms with Crippen LogP contribution >= 0.6 is 11.8 Å². The summed E-state index contributed by atoms with van der Waals surface area (Å²) in [5.41, 5.74) is 2.17. The van der Waals surface area contributed by atoms with Gasteiger partial charge in [0.25, 0.3) is 0 Å². The summed E-state index contributed by atoms with van der Waals surface area (Å²) in [7, 11) is 1.65. The number of benzene rings is 2. The van der Waals surface area contributed by atoms with Crippen LogP contribution in [0.15, 0.2) is 53.7 Å². The summed E-state index contributed by atoms with van der Waals surface area (Å²) >= 11 is 1.55. The normalized spacial score (nSPS) is 10.7. The van der Waals surface area contributed by atoms with Gasteiger partial charge in [-0.05, 0) is 35.4 Å². The number of aromatic nitrogens is 3. The monoisotopic (exact) mass is 329 g/mol. The lowest BCUT2D eigenvalue weighted by Crippen LogP contribution is -1.91. The Labute approximate surface area is 138 Å². The number of hydrogen-bond acceptors (Lipinski definition) is 4. The molecule has 1 heterocycles. The molecule has 3 aromatic rings. The van der Waals surface area contributed by atoms with E-state index in [0.29, 0.717) is 6.42 Å². The van der Waals surface area contributed by atoms with Crippen LogP contribution in [0.4, 0.5) is 4.39 Å². The van der Waals surface area contributed by atoms with Crippen molar-refractivity contribution in [1.82, 2.24) is 15.2 Å². The molecule has 1 N–H and O–H groups in total. The smallest absolute Gasteiger partial charge is 0.184 e. The van der Waals surface area contributed by atoms with Crippen LogP contribution in [0.1, 0.15) is 17.0 Å². The van der Waals surface area contributed by atoms with Gasteiger partial charge in [-0.1, -0.05) is 36.0 Å². The van der Waals surface area contributed by atoms with Gasteiger partial charge in [0.15, 0.2) is 11.0 Å².